The van der Waals surface area contributed by atoms with E-state index in [1.165, 1.54) is 0 Å². The van der Waals surface area contributed by atoms with E-state index in [0.29, 0.717) is 28.6 Å². The number of hydrogen-bond donors (Lipinski definition) is 1. The van der Waals surface area contributed by atoms with Crippen LogP contribution in [0.3, 0.4) is 0 Å². The lowest BCUT2D eigenvalue weighted by Gasteiger charge is -2.17. The van der Waals surface area contributed by atoms with Crippen molar-refractivity contribution in [2.75, 3.05) is 23.9 Å². The van der Waals surface area contributed by atoms with E-state index >= 15 is 0 Å². The van der Waals surface area contributed by atoms with Gasteiger partial charge in [0.15, 0.2) is 0 Å². The minimum absolute atomic E-state index is 0.198. The molecule has 0 aromatic heterocycles. The van der Waals surface area contributed by atoms with Crippen molar-refractivity contribution in [2.45, 2.75) is 19.3 Å². The molecule has 1 fully saturated rings. The Labute approximate surface area is 156 Å². The molecule has 134 valence electrons. The second-order valence-electron chi connectivity index (χ2n) is 6.66. The lowest BCUT2D eigenvalue weighted by atomic mass is 10.1. The van der Waals surface area contributed by atoms with Crippen molar-refractivity contribution < 1.29 is 14.3 Å². The lowest BCUT2D eigenvalue weighted by Crippen LogP contribution is -2.30. The van der Waals surface area contributed by atoms with Crippen LogP contribution in [0, 0.1) is 5.92 Å². The van der Waals surface area contributed by atoms with Gasteiger partial charge in [0.1, 0.15) is 5.75 Å². The summed E-state index contributed by atoms with van der Waals surface area (Å²) in [4.78, 5) is 26.7. The number of methoxy groups -OCH3 is 1. The largest absolute Gasteiger partial charge is 0.495 e. The van der Waals surface area contributed by atoms with Gasteiger partial charge in [-0.2, -0.15) is 0 Å². The van der Waals surface area contributed by atoms with Crippen LogP contribution in [0.25, 0.3) is 0 Å². The topological polar surface area (TPSA) is 58.6 Å². The predicted octanol–water partition coefficient (Wildman–Crippen LogP) is 3.90. The highest BCUT2D eigenvalue weighted by Crippen LogP contribution is 2.37. The van der Waals surface area contributed by atoms with Crippen LogP contribution in [0.15, 0.2) is 36.4 Å². The fourth-order valence-corrected chi connectivity index (χ4v) is 3.53. The normalized spacial score (nSPS) is 15.5. The van der Waals surface area contributed by atoms with Gasteiger partial charge in [0.25, 0.3) is 5.91 Å². The first-order valence-corrected chi connectivity index (χ1v) is 9.04. The molecule has 0 radical (unpaired) electrons. The first-order valence-electron chi connectivity index (χ1n) is 8.66. The van der Waals surface area contributed by atoms with Gasteiger partial charge in [-0.25, -0.2) is 0 Å². The van der Waals surface area contributed by atoms with Crippen LogP contribution in [-0.4, -0.2) is 25.5 Å². The Morgan fingerprint density at radius 1 is 1.19 bits per heavy atom. The summed E-state index contributed by atoms with van der Waals surface area (Å²) in [5.74, 6) is 0.765. The van der Waals surface area contributed by atoms with Crippen molar-refractivity contribution in [3.05, 3.63) is 52.5 Å². The number of ether oxygens (including phenoxy) is 1. The van der Waals surface area contributed by atoms with E-state index in [9.17, 15) is 9.59 Å². The number of amides is 2. The Hall–Kier alpha value is -2.53. The van der Waals surface area contributed by atoms with Gasteiger partial charge < -0.3 is 15.0 Å². The van der Waals surface area contributed by atoms with Gasteiger partial charge in [-0.15, -0.1) is 0 Å². The second-order valence-corrected chi connectivity index (χ2v) is 7.07. The van der Waals surface area contributed by atoms with Crippen LogP contribution >= 0.6 is 11.6 Å². The van der Waals surface area contributed by atoms with Crippen molar-refractivity contribution in [2.24, 2.45) is 5.92 Å². The molecule has 1 saturated carbocycles. The molecule has 4 rings (SSSR count). The highest BCUT2D eigenvalue weighted by Gasteiger charge is 2.36. The van der Waals surface area contributed by atoms with Crippen molar-refractivity contribution in [3.63, 3.8) is 0 Å². The highest BCUT2D eigenvalue weighted by atomic mass is 35.5. The number of fused-ring (bicyclic) bond motifs is 1. The minimum atomic E-state index is -0.207. The van der Waals surface area contributed by atoms with Gasteiger partial charge in [-0.1, -0.05) is 11.6 Å². The molecule has 1 heterocycles. The van der Waals surface area contributed by atoms with Gasteiger partial charge in [0, 0.05) is 29.4 Å². The molecule has 2 amide bonds. The molecule has 2 aromatic carbocycles. The third kappa shape index (κ3) is 3.15. The zero-order valence-corrected chi connectivity index (χ0v) is 15.2. The van der Waals surface area contributed by atoms with Gasteiger partial charge in [0.05, 0.1) is 12.1 Å². The van der Waals surface area contributed by atoms with Crippen LogP contribution in [0.2, 0.25) is 5.02 Å². The molecule has 0 atom stereocenters. The standard InChI is InChI=1S/C20H19ClN2O3/c1-26-18-7-5-15(11-16(18)21)22-19(24)14-4-6-17-13(10-14)8-9-23(17)20(25)12-2-3-12/h4-7,10-12H,2-3,8-9H2,1H3,(H,22,24). The predicted molar refractivity (Wildman–Crippen MR) is 101 cm³/mol. The smallest absolute Gasteiger partial charge is 0.255 e. The van der Waals surface area contributed by atoms with Crippen LogP contribution in [0.4, 0.5) is 11.4 Å². The van der Waals surface area contributed by atoms with Gasteiger partial charge in [-0.3, -0.25) is 9.59 Å². The van der Waals surface area contributed by atoms with E-state index in [-0.39, 0.29) is 17.7 Å². The number of anilines is 2. The molecule has 1 aliphatic carbocycles. The van der Waals surface area contributed by atoms with E-state index in [1.54, 1.807) is 31.4 Å². The molecule has 0 bridgehead atoms. The molecule has 1 N–H and O–H groups in total. The molecule has 26 heavy (non-hydrogen) atoms. The third-order valence-corrected chi connectivity index (χ3v) is 5.13. The first kappa shape index (κ1) is 16.9. The van der Waals surface area contributed by atoms with Crippen LogP contribution in [0.5, 0.6) is 5.75 Å². The van der Waals surface area contributed by atoms with Gasteiger partial charge >= 0.3 is 0 Å². The number of carbonyl (C=O) groups is 2. The number of carbonyl (C=O) groups excluding carboxylic acids is 2. The summed E-state index contributed by atoms with van der Waals surface area (Å²) in [6.07, 6.45) is 2.77. The Bertz CT molecular complexity index is 893. The number of rotatable bonds is 4. The Morgan fingerprint density at radius 3 is 2.69 bits per heavy atom. The molecule has 6 heteroatoms. The number of benzene rings is 2. The molecular formula is C20H19ClN2O3. The first-order chi connectivity index (χ1) is 12.6. The monoisotopic (exact) mass is 370 g/mol. The molecule has 2 aromatic rings. The zero-order chi connectivity index (χ0) is 18.3. The maximum Gasteiger partial charge on any atom is 0.255 e. The van der Waals surface area contributed by atoms with Crippen LogP contribution in [0.1, 0.15) is 28.8 Å². The van der Waals surface area contributed by atoms with Crippen LogP contribution in [-0.2, 0) is 11.2 Å². The average molecular weight is 371 g/mol. The average Bonchev–Trinajstić information content (AvgIpc) is 3.40. The number of nitrogens with one attached hydrogen (secondary N) is 1. The summed E-state index contributed by atoms with van der Waals surface area (Å²) < 4.78 is 5.11. The van der Waals surface area contributed by atoms with E-state index < -0.39 is 0 Å². The Kier molecular flexibility index (Phi) is 4.32. The van der Waals surface area contributed by atoms with E-state index in [0.717, 1.165) is 30.5 Å². The number of nitrogens with zero attached hydrogens (tertiary/aromatic N) is 1. The van der Waals surface area contributed by atoms with Crippen LogP contribution < -0.4 is 15.0 Å². The fraction of sp³-hybridized carbons (Fsp3) is 0.300. The summed E-state index contributed by atoms with van der Waals surface area (Å²) in [5.41, 5.74) is 3.15. The SMILES string of the molecule is COc1ccc(NC(=O)c2ccc3c(c2)CCN3C(=O)C2CC2)cc1Cl. The summed E-state index contributed by atoms with van der Waals surface area (Å²) >= 11 is 6.10. The van der Waals surface area contributed by atoms with Crippen molar-refractivity contribution in [3.8, 4) is 5.75 Å². The fourth-order valence-electron chi connectivity index (χ4n) is 3.27. The van der Waals surface area contributed by atoms with E-state index in [2.05, 4.69) is 5.32 Å². The summed E-state index contributed by atoms with van der Waals surface area (Å²) in [7, 11) is 1.54. The summed E-state index contributed by atoms with van der Waals surface area (Å²) in [5, 5.41) is 3.28. The molecule has 0 unspecified atom stereocenters. The Morgan fingerprint density at radius 2 is 2.00 bits per heavy atom. The lowest BCUT2D eigenvalue weighted by molar-refractivity contribution is -0.119. The summed E-state index contributed by atoms with van der Waals surface area (Å²) in [6, 6.07) is 10.6. The molecule has 0 saturated heterocycles. The molecule has 5 nitrogen and oxygen atoms in total. The second kappa shape index (κ2) is 6.65. The zero-order valence-electron chi connectivity index (χ0n) is 14.4. The number of hydrogen-bond acceptors (Lipinski definition) is 3. The van der Waals surface area contributed by atoms with E-state index in [1.807, 2.05) is 17.0 Å². The highest BCUT2D eigenvalue weighted by molar-refractivity contribution is 6.32. The van der Waals surface area contributed by atoms with Gasteiger partial charge in [0.2, 0.25) is 5.91 Å². The quantitative estimate of drug-likeness (QED) is 0.887. The van der Waals surface area contributed by atoms with Crippen molar-refractivity contribution in [1.29, 1.82) is 0 Å². The molecule has 2 aliphatic rings. The number of halogens is 1. The minimum Gasteiger partial charge on any atom is -0.495 e. The van der Waals surface area contributed by atoms with E-state index in [4.69, 9.17) is 16.3 Å². The van der Waals surface area contributed by atoms with Crippen molar-refractivity contribution >= 4 is 34.8 Å². The maximum atomic E-state index is 12.5. The Balaban J connectivity index is 1.51. The van der Waals surface area contributed by atoms with Crippen molar-refractivity contribution in [1.82, 2.24) is 0 Å². The molecule has 0 spiro atoms. The third-order valence-electron chi connectivity index (χ3n) is 4.84. The van der Waals surface area contributed by atoms with Gasteiger partial charge in [-0.05, 0) is 61.2 Å². The maximum absolute atomic E-state index is 12.5. The molecule has 1 aliphatic heterocycles. The molecular weight excluding hydrogens is 352 g/mol. The summed E-state index contributed by atoms with van der Waals surface area (Å²) in [6.45, 7) is 0.698.